The molecule has 1 aromatic carbocycles. The molecule has 5 nitrogen and oxygen atoms in total. The molecule has 0 aromatic heterocycles. The van der Waals surface area contributed by atoms with Crippen LogP contribution in [0.25, 0.3) is 5.70 Å². The summed E-state index contributed by atoms with van der Waals surface area (Å²) in [5.41, 5.74) is 19.4. The second-order valence-corrected chi connectivity index (χ2v) is 4.97. The second kappa shape index (κ2) is 8.67. The van der Waals surface area contributed by atoms with Crippen LogP contribution in [0.1, 0.15) is 25.8 Å². The lowest BCUT2D eigenvalue weighted by Crippen LogP contribution is -2.29. The van der Waals surface area contributed by atoms with Gasteiger partial charge < -0.3 is 27.2 Å². The normalized spacial score (nSPS) is 11.6. The Labute approximate surface area is 132 Å². The Morgan fingerprint density at radius 2 is 1.91 bits per heavy atom. The van der Waals surface area contributed by atoms with Gasteiger partial charge in [-0.2, -0.15) is 0 Å². The van der Waals surface area contributed by atoms with E-state index in [1.807, 2.05) is 25.1 Å². The van der Waals surface area contributed by atoms with Crippen LogP contribution in [0.3, 0.4) is 0 Å². The quantitative estimate of drug-likeness (QED) is 0.456. The van der Waals surface area contributed by atoms with Crippen LogP contribution in [0, 0.1) is 0 Å². The summed E-state index contributed by atoms with van der Waals surface area (Å²) in [6, 6.07) is 6.90. The molecule has 1 aromatic rings. The van der Waals surface area contributed by atoms with Crippen molar-refractivity contribution in [3.8, 4) is 5.75 Å². The van der Waals surface area contributed by atoms with Gasteiger partial charge in [0, 0.05) is 24.4 Å². The smallest absolute Gasteiger partial charge is 0.124 e. The van der Waals surface area contributed by atoms with Crippen LogP contribution in [0.15, 0.2) is 54.0 Å². The highest BCUT2D eigenvalue weighted by molar-refractivity contribution is 5.69. The Hall–Kier alpha value is -2.56. The minimum absolute atomic E-state index is 0.127. The zero-order valence-corrected chi connectivity index (χ0v) is 13.3. The van der Waals surface area contributed by atoms with Crippen molar-refractivity contribution in [3.63, 3.8) is 0 Å². The van der Waals surface area contributed by atoms with Crippen molar-refractivity contribution in [2.75, 3.05) is 13.1 Å². The van der Waals surface area contributed by atoms with Crippen LogP contribution >= 0.6 is 0 Å². The molecule has 5 heteroatoms. The van der Waals surface area contributed by atoms with Gasteiger partial charge in [-0.05, 0) is 31.6 Å². The van der Waals surface area contributed by atoms with Gasteiger partial charge in [-0.25, -0.2) is 0 Å². The third-order valence-corrected chi connectivity index (χ3v) is 3.20. The van der Waals surface area contributed by atoms with E-state index in [9.17, 15) is 5.11 Å². The standard InChI is InChI=1S/C17H26N4O/c1-3-5-11-21(10-4-2)15(17(19)20)12-14(18)13-8-6-7-9-16(13)22/h3,5-9,12,22H,4,10-11,18-20H2,1-2H3/b5-3-,14-12-. The summed E-state index contributed by atoms with van der Waals surface area (Å²) in [5, 5.41) is 9.89. The summed E-state index contributed by atoms with van der Waals surface area (Å²) >= 11 is 0. The largest absolute Gasteiger partial charge is 0.507 e. The average Bonchev–Trinajstić information content (AvgIpc) is 2.49. The maximum absolute atomic E-state index is 9.89. The van der Waals surface area contributed by atoms with Crippen molar-refractivity contribution >= 4 is 5.70 Å². The molecule has 0 heterocycles. The molecule has 0 amide bonds. The van der Waals surface area contributed by atoms with Crippen LogP contribution in [0.4, 0.5) is 0 Å². The first-order valence-corrected chi connectivity index (χ1v) is 7.38. The number of nitrogens with zero attached hydrogens (tertiary/aromatic N) is 1. The van der Waals surface area contributed by atoms with Crippen LogP contribution in [0.2, 0.25) is 0 Å². The van der Waals surface area contributed by atoms with Crippen molar-refractivity contribution in [1.82, 2.24) is 4.90 Å². The number of nitrogens with two attached hydrogens (primary N) is 3. The molecule has 0 fully saturated rings. The number of hydrogen-bond donors (Lipinski definition) is 4. The number of para-hydroxylation sites is 1. The second-order valence-electron chi connectivity index (χ2n) is 4.97. The number of hydrogen-bond acceptors (Lipinski definition) is 5. The Morgan fingerprint density at radius 3 is 2.45 bits per heavy atom. The van der Waals surface area contributed by atoms with E-state index in [4.69, 9.17) is 17.2 Å². The maximum atomic E-state index is 9.89. The maximum Gasteiger partial charge on any atom is 0.124 e. The van der Waals surface area contributed by atoms with Crippen LogP contribution < -0.4 is 17.2 Å². The molecule has 22 heavy (non-hydrogen) atoms. The van der Waals surface area contributed by atoms with Gasteiger partial charge in [-0.3, -0.25) is 0 Å². The van der Waals surface area contributed by atoms with Crippen molar-refractivity contribution in [1.29, 1.82) is 0 Å². The molecule has 120 valence electrons. The van der Waals surface area contributed by atoms with E-state index in [1.54, 1.807) is 24.3 Å². The molecule has 0 spiro atoms. The predicted octanol–water partition coefficient (Wildman–Crippen LogP) is 2.07. The summed E-state index contributed by atoms with van der Waals surface area (Å²) in [4.78, 5) is 2.06. The summed E-state index contributed by atoms with van der Waals surface area (Å²) in [6.45, 7) is 5.55. The summed E-state index contributed by atoms with van der Waals surface area (Å²) < 4.78 is 0. The third kappa shape index (κ3) is 4.77. The third-order valence-electron chi connectivity index (χ3n) is 3.20. The number of phenols is 1. The van der Waals surface area contributed by atoms with Gasteiger partial charge in [-0.15, -0.1) is 0 Å². The van der Waals surface area contributed by atoms with Crippen molar-refractivity contribution < 1.29 is 5.11 Å². The van der Waals surface area contributed by atoms with Crippen molar-refractivity contribution in [3.05, 3.63) is 59.6 Å². The first-order chi connectivity index (χ1) is 10.5. The van der Waals surface area contributed by atoms with Gasteiger partial charge >= 0.3 is 0 Å². The summed E-state index contributed by atoms with van der Waals surface area (Å²) in [6.07, 6.45) is 6.67. The minimum Gasteiger partial charge on any atom is -0.507 e. The highest BCUT2D eigenvalue weighted by Crippen LogP contribution is 2.23. The average molecular weight is 302 g/mol. The molecule has 0 aliphatic rings. The van der Waals surface area contributed by atoms with Gasteiger partial charge in [0.1, 0.15) is 11.6 Å². The molecule has 0 bridgehead atoms. The zero-order chi connectivity index (χ0) is 16.5. The van der Waals surface area contributed by atoms with Gasteiger partial charge in [0.25, 0.3) is 0 Å². The molecule has 0 aliphatic heterocycles. The number of benzene rings is 1. The monoisotopic (exact) mass is 302 g/mol. The number of aromatic hydroxyl groups is 1. The van der Waals surface area contributed by atoms with Crippen LogP contribution in [-0.4, -0.2) is 23.1 Å². The molecule has 0 unspecified atom stereocenters. The first-order valence-electron chi connectivity index (χ1n) is 7.38. The Kier molecular flexibility index (Phi) is 6.89. The lowest BCUT2D eigenvalue weighted by Gasteiger charge is -2.25. The Morgan fingerprint density at radius 1 is 1.23 bits per heavy atom. The molecule has 1 rings (SSSR count). The molecule has 0 atom stereocenters. The highest BCUT2D eigenvalue weighted by Gasteiger charge is 2.11. The van der Waals surface area contributed by atoms with Gasteiger partial charge in [0.15, 0.2) is 0 Å². The number of phenolic OH excluding ortho intramolecular Hbond substituents is 1. The molecule has 0 radical (unpaired) electrons. The summed E-state index contributed by atoms with van der Waals surface area (Å²) in [7, 11) is 0. The minimum atomic E-state index is 0.127. The molecule has 0 saturated heterocycles. The fourth-order valence-electron chi connectivity index (χ4n) is 2.11. The van der Waals surface area contributed by atoms with E-state index >= 15 is 0 Å². The predicted molar refractivity (Wildman–Crippen MR) is 92.4 cm³/mol. The van der Waals surface area contributed by atoms with Gasteiger partial charge in [-0.1, -0.05) is 31.2 Å². The zero-order valence-electron chi connectivity index (χ0n) is 13.3. The van der Waals surface area contributed by atoms with Crippen LogP contribution in [0.5, 0.6) is 5.75 Å². The number of allylic oxidation sites excluding steroid dienone is 2. The lowest BCUT2D eigenvalue weighted by atomic mass is 10.1. The van der Waals surface area contributed by atoms with E-state index in [-0.39, 0.29) is 11.6 Å². The van der Waals surface area contributed by atoms with Crippen LogP contribution in [-0.2, 0) is 0 Å². The topological polar surface area (TPSA) is 102 Å². The van der Waals surface area contributed by atoms with E-state index in [0.29, 0.717) is 23.5 Å². The van der Waals surface area contributed by atoms with Crippen molar-refractivity contribution in [2.24, 2.45) is 17.2 Å². The Bertz CT molecular complexity index is 572. The van der Waals surface area contributed by atoms with E-state index in [1.165, 1.54) is 0 Å². The fourth-order valence-corrected chi connectivity index (χ4v) is 2.11. The molecule has 0 saturated carbocycles. The fraction of sp³-hybridized carbons (Fsp3) is 0.294. The van der Waals surface area contributed by atoms with E-state index in [2.05, 4.69) is 11.8 Å². The number of rotatable bonds is 7. The van der Waals surface area contributed by atoms with E-state index < -0.39 is 0 Å². The molecular formula is C17H26N4O. The summed E-state index contributed by atoms with van der Waals surface area (Å²) in [5.74, 6) is 0.331. The van der Waals surface area contributed by atoms with Gasteiger partial charge in [0.2, 0.25) is 0 Å². The lowest BCUT2D eigenvalue weighted by molar-refractivity contribution is 0.386. The first kappa shape index (κ1) is 17.5. The molecule has 7 N–H and O–H groups in total. The SMILES string of the molecule is C/C=C\CN(CCC)C(/C=C(\N)c1ccccc1O)=C(N)N. The van der Waals surface area contributed by atoms with E-state index in [0.717, 1.165) is 13.0 Å². The molecular weight excluding hydrogens is 276 g/mol. The molecule has 0 aliphatic carbocycles. The van der Waals surface area contributed by atoms with Crippen molar-refractivity contribution in [2.45, 2.75) is 20.3 Å². The Balaban J connectivity index is 3.18. The highest BCUT2D eigenvalue weighted by atomic mass is 16.3. The van der Waals surface area contributed by atoms with Gasteiger partial charge in [0.05, 0.1) is 5.70 Å².